The molecule has 1 amide bonds. The average molecular weight is 462 g/mol. The van der Waals surface area contributed by atoms with Crippen LogP contribution in [0.25, 0.3) is 11.4 Å². The molecule has 3 heterocycles. The molecule has 1 unspecified atom stereocenters. The lowest BCUT2D eigenvalue weighted by molar-refractivity contribution is 0.0302. The summed E-state index contributed by atoms with van der Waals surface area (Å²) in [5.74, 6) is -0.404. The van der Waals surface area contributed by atoms with E-state index >= 15 is 0 Å². The molecule has 1 aliphatic rings. The lowest BCUT2D eigenvalue weighted by atomic mass is 9.70. The van der Waals surface area contributed by atoms with Gasteiger partial charge in [-0.2, -0.15) is 0 Å². The van der Waals surface area contributed by atoms with Crippen LogP contribution in [0, 0.1) is 17.7 Å². The molecule has 3 aromatic rings. The maximum absolute atomic E-state index is 13.6. The number of pyridine rings is 3. The summed E-state index contributed by atoms with van der Waals surface area (Å²) in [6.07, 6.45) is 8.26. The van der Waals surface area contributed by atoms with Crippen LogP contribution in [0.1, 0.15) is 48.2 Å². The number of allylic oxidation sites excluding steroid dienone is 1. The van der Waals surface area contributed by atoms with Gasteiger partial charge in [-0.05, 0) is 66.8 Å². The van der Waals surface area contributed by atoms with Gasteiger partial charge < -0.3 is 16.2 Å². The van der Waals surface area contributed by atoms with Crippen LogP contribution in [0.3, 0.4) is 0 Å². The van der Waals surface area contributed by atoms with Crippen LogP contribution in [0.15, 0.2) is 61.6 Å². The molecule has 0 bridgehead atoms. The Bertz CT molecular complexity index is 1190. The van der Waals surface area contributed by atoms with Gasteiger partial charge in [-0.25, -0.2) is 9.37 Å². The maximum atomic E-state index is 13.6. The van der Waals surface area contributed by atoms with Gasteiger partial charge in [0.05, 0.1) is 35.1 Å². The second-order valence-corrected chi connectivity index (χ2v) is 8.81. The Morgan fingerprint density at radius 1 is 1.26 bits per heavy atom. The summed E-state index contributed by atoms with van der Waals surface area (Å²) in [5.41, 5.74) is 8.34. The molecule has 0 spiro atoms. The third kappa shape index (κ3) is 4.97. The number of aromatic nitrogens is 3. The van der Waals surface area contributed by atoms with Crippen LogP contribution < -0.4 is 11.1 Å². The maximum Gasteiger partial charge on any atom is 0.276 e. The Balaban J connectivity index is 1.58. The van der Waals surface area contributed by atoms with Crippen LogP contribution >= 0.6 is 0 Å². The summed E-state index contributed by atoms with van der Waals surface area (Å²) in [4.78, 5) is 25.8. The van der Waals surface area contributed by atoms with Crippen molar-refractivity contribution < 1.29 is 14.3 Å². The number of nitrogens with zero attached hydrogens (tertiary/aromatic N) is 3. The molecule has 34 heavy (non-hydrogen) atoms. The van der Waals surface area contributed by atoms with Gasteiger partial charge in [0.2, 0.25) is 0 Å². The lowest BCUT2D eigenvalue weighted by Crippen LogP contribution is -2.34. The first-order valence-corrected chi connectivity index (χ1v) is 11.3. The number of anilines is 2. The Morgan fingerprint density at radius 3 is 2.82 bits per heavy atom. The normalized spacial score (nSPS) is 22.2. The molecule has 0 saturated heterocycles. The van der Waals surface area contributed by atoms with E-state index in [9.17, 15) is 14.3 Å². The molecule has 7 nitrogen and oxygen atoms in total. The zero-order chi connectivity index (χ0) is 24.2. The smallest absolute Gasteiger partial charge is 0.276 e. The number of hydrogen-bond acceptors (Lipinski definition) is 6. The summed E-state index contributed by atoms with van der Waals surface area (Å²) < 4.78 is 13.6. The first-order valence-electron chi connectivity index (χ1n) is 11.3. The fourth-order valence-corrected chi connectivity index (χ4v) is 4.79. The topological polar surface area (TPSA) is 114 Å². The number of rotatable bonds is 6. The van der Waals surface area contributed by atoms with E-state index in [2.05, 4.69) is 33.8 Å². The molecule has 4 N–H and O–H groups in total. The zero-order valence-electron chi connectivity index (χ0n) is 19.0. The van der Waals surface area contributed by atoms with Crippen molar-refractivity contribution in [3.05, 3.63) is 78.7 Å². The van der Waals surface area contributed by atoms with Crippen LogP contribution in [0.5, 0.6) is 0 Å². The fourth-order valence-electron chi connectivity index (χ4n) is 4.79. The van der Waals surface area contributed by atoms with Crippen molar-refractivity contribution in [2.45, 2.75) is 38.2 Å². The van der Waals surface area contributed by atoms with E-state index < -0.39 is 17.8 Å². The number of hydrogen-bond donors (Lipinski definition) is 3. The zero-order valence-corrected chi connectivity index (χ0v) is 19.0. The van der Waals surface area contributed by atoms with E-state index in [1.54, 1.807) is 24.5 Å². The summed E-state index contributed by atoms with van der Waals surface area (Å²) in [7, 11) is 0. The third-order valence-corrected chi connectivity index (χ3v) is 6.52. The monoisotopic (exact) mass is 461 g/mol. The van der Waals surface area contributed by atoms with E-state index in [4.69, 9.17) is 5.73 Å². The Labute approximate surface area is 198 Å². The van der Waals surface area contributed by atoms with Gasteiger partial charge in [0.25, 0.3) is 5.91 Å². The summed E-state index contributed by atoms with van der Waals surface area (Å²) in [5, 5.41) is 13.6. The minimum Gasteiger partial charge on any atom is -0.397 e. The molecular formula is C26H28FN5O2. The Morgan fingerprint density at radius 2 is 2.09 bits per heavy atom. The first-order chi connectivity index (χ1) is 16.4. The van der Waals surface area contributed by atoms with Crippen molar-refractivity contribution in [2.24, 2.45) is 11.8 Å². The van der Waals surface area contributed by atoms with Gasteiger partial charge in [0.1, 0.15) is 5.82 Å². The Kier molecular flexibility index (Phi) is 6.98. The van der Waals surface area contributed by atoms with Gasteiger partial charge in [-0.1, -0.05) is 13.0 Å². The number of amides is 1. The van der Waals surface area contributed by atoms with E-state index in [1.165, 1.54) is 18.3 Å². The number of carbonyl (C=O) groups is 1. The van der Waals surface area contributed by atoms with Crippen LogP contribution in [-0.4, -0.2) is 32.1 Å². The second kappa shape index (κ2) is 10.1. The van der Waals surface area contributed by atoms with Gasteiger partial charge in [-0.3, -0.25) is 14.8 Å². The molecule has 3 aromatic heterocycles. The van der Waals surface area contributed by atoms with Crippen molar-refractivity contribution in [1.29, 1.82) is 0 Å². The molecule has 1 aliphatic carbocycles. The van der Waals surface area contributed by atoms with Crippen LogP contribution in [0.4, 0.5) is 15.8 Å². The van der Waals surface area contributed by atoms with Gasteiger partial charge in [0.15, 0.2) is 5.69 Å². The first kappa shape index (κ1) is 23.5. The predicted octanol–water partition coefficient (Wildman–Crippen LogP) is 4.58. The molecular weight excluding hydrogens is 433 g/mol. The minimum atomic E-state index is -0.501. The van der Waals surface area contributed by atoms with Gasteiger partial charge in [0, 0.05) is 18.5 Å². The molecule has 0 aliphatic heterocycles. The van der Waals surface area contributed by atoms with Crippen molar-refractivity contribution >= 4 is 17.3 Å². The largest absolute Gasteiger partial charge is 0.397 e. The number of nitrogen functional groups attached to an aromatic ring is 1. The third-order valence-electron chi connectivity index (χ3n) is 6.52. The van der Waals surface area contributed by atoms with E-state index in [-0.39, 0.29) is 23.2 Å². The summed E-state index contributed by atoms with van der Waals surface area (Å²) >= 11 is 0. The fraction of sp³-hybridized carbons (Fsp3) is 0.308. The van der Waals surface area contributed by atoms with Crippen LogP contribution in [-0.2, 0) is 0 Å². The van der Waals surface area contributed by atoms with Gasteiger partial charge >= 0.3 is 0 Å². The molecule has 8 heteroatoms. The molecule has 176 valence electrons. The highest BCUT2D eigenvalue weighted by atomic mass is 19.1. The molecule has 4 atom stereocenters. The predicted molar refractivity (Wildman–Crippen MR) is 129 cm³/mol. The lowest BCUT2D eigenvalue weighted by Gasteiger charge is -2.38. The standard InChI is InChI=1S/C26H28FN5O2/c1-3-4-18-15(2)11-16(12-24(18)33)19-8-9-29-14-23(19)32-26(34)25-20(28)5-6-21(31-25)22-13-17(27)7-10-30-22/h3,5-10,13-16,18,24,33H,1,4,11-12,28H2,2H3,(H,32,34)/t15-,16+,18?,24+/m0/s1. The van der Waals surface area contributed by atoms with E-state index in [0.717, 1.165) is 18.4 Å². The van der Waals surface area contributed by atoms with E-state index in [1.807, 2.05) is 12.1 Å². The number of nitrogens with one attached hydrogen (secondary N) is 1. The molecule has 1 fully saturated rings. The SMILES string of the molecule is C=CCC1[C@H](O)C[C@H](c2ccncc2NC(=O)c2nc(-c3cc(F)ccn3)ccc2N)C[C@@H]1C. The highest BCUT2D eigenvalue weighted by Crippen LogP contribution is 2.43. The van der Waals surface area contributed by atoms with Gasteiger partial charge in [-0.15, -0.1) is 6.58 Å². The highest BCUT2D eigenvalue weighted by molar-refractivity contribution is 6.06. The second-order valence-electron chi connectivity index (χ2n) is 8.81. The quantitative estimate of drug-likeness (QED) is 0.463. The number of halogens is 1. The summed E-state index contributed by atoms with van der Waals surface area (Å²) in [6, 6.07) is 7.49. The number of carbonyl (C=O) groups excluding carboxylic acids is 1. The molecule has 4 rings (SSSR count). The van der Waals surface area contributed by atoms with Crippen LogP contribution in [0.2, 0.25) is 0 Å². The highest BCUT2D eigenvalue weighted by Gasteiger charge is 2.35. The molecule has 0 radical (unpaired) electrons. The summed E-state index contributed by atoms with van der Waals surface area (Å²) in [6.45, 7) is 5.95. The minimum absolute atomic E-state index is 0.0152. The molecule has 1 saturated carbocycles. The number of nitrogens with two attached hydrogens (primary N) is 1. The van der Waals surface area contributed by atoms with Crippen molar-refractivity contribution in [2.75, 3.05) is 11.1 Å². The molecule has 0 aromatic carbocycles. The van der Waals surface area contributed by atoms with E-state index in [0.29, 0.717) is 29.4 Å². The number of aliphatic hydroxyl groups is 1. The number of aliphatic hydroxyl groups excluding tert-OH is 1. The average Bonchev–Trinajstić information content (AvgIpc) is 2.82. The van der Waals surface area contributed by atoms with Crippen molar-refractivity contribution in [1.82, 2.24) is 15.0 Å². The van der Waals surface area contributed by atoms with Crippen molar-refractivity contribution in [3.8, 4) is 11.4 Å². The van der Waals surface area contributed by atoms with Crippen molar-refractivity contribution in [3.63, 3.8) is 0 Å². The Hall–Kier alpha value is -3.65.